The summed E-state index contributed by atoms with van der Waals surface area (Å²) in [5.74, 6) is -0.459. The molecular weight excluding hydrogens is 263 g/mol. The van der Waals surface area contributed by atoms with Crippen molar-refractivity contribution in [1.82, 2.24) is 0 Å². The van der Waals surface area contributed by atoms with E-state index < -0.39 is 11.4 Å². The summed E-state index contributed by atoms with van der Waals surface area (Å²) in [5, 5.41) is 10.7. The molecule has 0 amide bonds. The van der Waals surface area contributed by atoms with E-state index in [-0.39, 0.29) is 11.4 Å². The third-order valence-corrected chi connectivity index (χ3v) is 3.71. The monoisotopic (exact) mass is 278 g/mol. The smallest absolute Gasteiger partial charge is 0.142 e. The molecule has 0 radical (unpaired) electrons. The Morgan fingerprint density at radius 3 is 2.53 bits per heavy atom. The lowest BCUT2D eigenvalue weighted by Crippen LogP contribution is -2.25. The molecule has 0 saturated heterocycles. The first-order valence-corrected chi connectivity index (χ1v) is 6.51. The molecule has 0 bridgehead atoms. The van der Waals surface area contributed by atoms with Crippen LogP contribution in [0.4, 0.5) is 4.39 Å². The zero-order chi connectivity index (χ0) is 14.0. The molecule has 100 valence electrons. The van der Waals surface area contributed by atoms with Crippen LogP contribution >= 0.6 is 11.6 Å². The van der Waals surface area contributed by atoms with Crippen LogP contribution in [-0.4, -0.2) is 5.11 Å². The maximum Gasteiger partial charge on any atom is 0.142 e. The van der Waals surface area contributed by atoms with Crippen LogP contribution in [0.1, 0.15) is 23.6 Å². The lowest BCUT2D eigenvalue weighted by Gasteiger charge is -2.26. The number of rotatable bonds is 3. The standard InChI is InChI=1S/C16H16ClFO/c1-11-6-3-4-8-13(11)16(2,19)10-12-7-5-9-14(18)15(12)17/h3-9,19H,10H2,1-2H3. The molecule has 0 aliphatic carbocycles. The predicted octanol–water partition coefficient (Wildman–Crippen LogP) is 4.24. The largest absolute Gasteiger partial charge is 0.385 e. The predicted molar refractivity (Wildman–Crippen MR) is 75.9 cm³/mol. The number of aryl methyl sites for hydroxylation is 1. The van der Waals surface area contributed by atoms with Crippen LogP contribution in [0, 0.1) is 12.7 Å². The maximum atomic E-state index is 13.4. The molecule has 2 aromatic carbocycles. The third-order valence-electron chi connectivity index (χ3n) is 3.29. The highest BCUT2D eigenvalue weighted by molar-refractivity contribution is 6.31. The van der Waals surface area contributed by atoms with Crippen molar-refractivity contribution in [3.63, 3.8) is 0 Å². The minimum absolute atomic E-state index is 0.0800. The normalized spacial score (nSPS) is 14.2. The van der Waals surface area contributed by atoms with Crippen LogP contribution in [0.5, 0.6) is 0 Å². The molecule has 0 aliphatic rings. The van der Waals surface area contributed by atoms with Gasteiger partial charge in [-0.3, -0.25) is 0 Å². The number of aliphatic hydroxyl groups is 1. The highest BCUT2D eigenvalue weighted by Crippen LogP contribution is 2.31. The van der Waals surface area contributed by atoms with Gasteiger partial charge < -0.3 is 5.11 Å². The SMILES string of the molecule is Cc1ccccc1C(C)(O)Cc1cccc(F)c1Cl. The molecule has 1 unspecified atom stereocenters. The van der Waals surface area contributed by atoms with Crippen LogP contribution in [0.15, 0.2) is 42.5 Å². The van der Waals surface area contributed by atoms with Gasteiger partial charge in [0, 0.05) is 6.42 Å². The summed E-state index contributed by atoms with van der Waals surface area (Å²) < 4.78 is 13.4. The molecule has 0 saturated carbocycles. The Labute approximate surface area is 117 Å². The van der Waals surface area contributed by atoms with E-state index in [9.17, 15) is 9.50 Å². The van der Waals surface area contributed by atoms with Gasteiger partial charge in [0.1, 0.15) is 5.82 Å². The Balaban J connectivity index is 2.36. The van der Waals surface area contributed by atoms with Gasteiger partial charge >= 0.3 is 0 Å². The minimum Gasteiger partial charge on any atom is -0.385 e. The van der Waals surface area contributed by atoms with Gasteiger partial charge in [0.05, 0.1) is 10.6 Å². The van der Waals surface area contributed by atoms with E-state index in [0.717, 1.165) is 11.1 Å². The molecule has 1 N–H and O–H groups in total. The molecule has 0 aromatic heterocycles. The number of benzene rings is 2. The third kappa shape index (κ3) is 2.96. The summed E-state index contributed by atoms with van der Waals surface area (Å²) in [4.78, 5) is 0. The van der Waals surface area contributed by atoms with Gasteiger partial charge in [0.15, 0.2) is 0 Å². The van der Waals surface area contributed by atoms with Crippen LogP contribution in [-0.2, 0) is 12.0 Å². The van der Waals surface area contributed by atoms with Gasteiger partial charge in [-0.25, -0.2) is 4.39 Å². The molecule has 1 nitrogen and oxygen atoms in total. The average Bonchev–Trinajstić information content (AvgIpc) is 2.35. The molecular formula is C16H16ClFO. The summed E-state index contributed by atoms with van der Waals surface area (Å²) in [6.07, 6.45) is 0.272. The molecule has 2 aromatic rings. The van der Waals surface area contributed by atoms with Gasteiger partial charge in [-0.05, 0) is 36.6 Å². The van der Waals surface area contributed by atoms with Gasteiger partial charge in [-0.15, -0.1) is 0 Å². The summed E-state index contributed by atoms with van der Waals surface area (Å²) in [5.41, 5.74) is 1.35. The first kappa shape index (κ1) is 14.0. The molecule has 0 fully saturated rings. The summed E-state index contributed by atoms with van der Waals surface area (Å²) >= 11 is 5.94. The van der Waals surface area contributed by atoms with Crippen molar-refractivity contribution in [2.24, 2.45) is 0 Å². The van der Waals surface area contributed by atoms with Crippen LogP contribution in [0.2, 0.25) is 5.02 Å². The van der Waals surface area contributed by atoms with Gasteiger partial charge in [0.25, 0.3) is 0 Å². The molecule has 0 aliphatic heterocycles. The van der Waals surface area contributed by atoms with E-state index in [1.165, 1.54) is 6.07 Å². The van der Waals surface area contributed by atoms with Crippen molar-refractivity contribution in [1.29, 1.82) is 0 Å². The molecule has 2 rings (SSSR count). The lowest BCUT2D eigenvalue weighted by atomic mass is 9.86. The zero-order valence-electron chi connectivity index (χ0n) is 11.0. The van der Waals surface area contributed by atoms with Crippen molar-refractivity contribution in [3.05, 3.63) is 70.0 Å². The molecule has 1 atom stereocenters. The lowest BCUT2D eigenvalue weighted by molar-refractivity contribution is 0.0569. The number of halogens is 2. The van der Waals surface area contributed by atoms with Crippen LogP contribution in [0.3, 0.4) is 0 Å². The Bertz CT molecular complexity index is 593. The quantitative estimate of drug-likeness (QED) is 0.890. The Hall–Kier alpha value is -1.38. The zero-order valence-corrected chi connectivity index (χ0v) is 11.7. The van der Waals surface area contributed by atoms with E-state index >= 15 is 0 Å². The fourth-order valence-corrected chi connectivity index (χ4v) is 2.52. The van der Waals surface area contributed by atoms with Gasteiger partial charge in [-0.2, -0.15) is 0 Å². The second-order valence-corrected chi connectivity index (χ2v) is 5.36. The van der Waals surface area contributed by atoms with Crippen molar-refractivity contribution >= 4 is 11.6 Å². The minimum atomic E-state index is -1.08. The summed E-state index contributed by atoms with van der Waals surface area (Å²) in [6.45, 7) is 3.66. The van der Waals surface area contributed by atoms with Crippen molar-refractivity contribution in [2.75, 3.05) is 0 Å². The topological polar surface area (TPSA) is 20.2 Å². The van der Waals surface area contributed by atoms with E-state index in [4.69, 9.17) is 11.6 Å². The summed E-state index contributed by atoms with van der Waals surface area (Å²) in [7, 11) is 0. The van der Waals surface area contributed by atoms with Gasteiger partial charge in [0.2, 0.25) is 0 Å². The highest BCUT2D eigenvalue weighted by Gasteiger charge is 2.26. The average molecular weight is 279 g/mol. The number of hydrogen-bond acceptors (Lipinski definition) is 1. The van der Waals surface area contributed by atoms with Crippen molar-refractivity contribution < 1.29 is 9.50 Å². The van der Waals surface area contributed by atoms with Crippen LogP contribution < -0.4 is 0 Å². The highest BCUT2D eigenvalue weighted by atomic mass is 35.5. The van der Waals surface area contributed by atoms with Gasteiger partial charge in [-0.1, -0.05) is 48.0 Å². The van der Waals surface area contributed by atoms with Crippen LogP contribution in [0.25, 0.3) is 0 Å². The fourth-order valence-electron chi connectivity index (χ4n) is 2.33. The first-order valence-electron chi connectivity index (χ1n) is 6.13. The van der Waals surface area contributed by atoms with E-state index in [1.54, 1.807) is 19.1 Å². The Morgan fingerprint density at radius 2 is 1.84 bits per heavy atom. The molecule has 0 heterocycles. The number of hydrogen-bond donors (Lipinski definition) is 1. The fraction of sp³-hybridized carbons (Fsp3) is 0.250. The first-order chi connectivity index (χ1) is 8.92. The van der Waals surface area contributed by atoms with E-state index in [2.05, 4.69) is 0 Å². The molecule has 3 heteroatoms. The Kier molecular flexibility index (Phi) is 3.93. The van der Waals surface area contributed by atoms with E-state index in [1.807, 2.05) is 31.2 Å². The van der Waals surface area contributed by atoms with E-state index in [0.29, 0.717) is 5.56 Å². The molecule has 0 spiro atoms. The Morgan fingerprint density at radius 1 is 1.16 bits per heavy atom. The maximum absolute atomic E-state index is 13.4. The van der Waals surface area contributed by atoms with Crippen molar-refractivity contribution in [3.8, 4) is 0 Å². The summed E-state index contributed by atoms with van der Waals surface area (Å²) in [6, 6.07) is 12.3. The second kappa shape index (κ2) is 5.32. The molecule has 19 heavy (non-hydrogen) atoms. The van der Waals surface area contributed by atoms with Crippen molar-refractivity contribution in [2.45, 2.75) is 25.9 Å². The second-order valence-electron chi connectivity index (χ2n) is 4.98.